The predicted octanol–water partition coefficient (Wildman–Crippen LogP) is 12.8. The number of aromatic nitrogens is 16. The molecule has 1 unspecified atom stereocenters. The van der Waals surface area contributed by atoms with Crippen LogP contribution in [-0.4, -0.2) is 203 Å². The van der Waals surface area contributed by atoms with Crippen LogP contribution in [0.4, 0.5) is 40.8 Å². The summed E-state index contributed by atoms with van der Waals surface area (Å²) in [7, 11) is -1.88. The van der Waals surface area contributed by atoms with Crippen LogP contribution in [0, 0.1) is 23.2 Å². The summed E-state index contributed by atoms with van der Waals surface area (Å²) in [6, 6.07) is 36.3. The molecule has 121 heavy (non-hydrogen) atoms. The molecule has 4 amide bonds. The highest BCUT2D eigenvalue weighted by atomic mass is 31.2. The summed E-state index contributed by atoms with van der Waals surface area (Å²) in [5.74, 6) is -2.44. The molecule has 4 aliphatic rings. The lowest BCUT2D eigenvalue weighted by atomic mass is 10.00. The second kappa shape index (κ2) is 39.6. The highest BCUT2D eigenvalue weighted by molar-refractivity contribution is 7.44. The molecule has 8 aromatic heterocycles. The fraction of sp³-hybridized carbons (Fsp3) is 0.402. The fourth-order valence-electron chi connectivity index (χ4n) is 13.8. The average Bonchev–Trinajstić information content (AvgIpc) is 1.62. The number of nitrogens with one attached hydrogen (secondary N) is 4. The molecule has 0 bridgehead atoms. The molecule has 634 valence electrons. The van der Waals surface area contributed by atoms with Gasteiger partial charge in [-0.3, -0.25) is 37.4 Å². The molecule has 4 aliphatic heterocycles. The molecule has 4 aromatic carbocycles. The number of amides is 4. The molecule has 0 saturated carbocycles. The van der Waals surface area contributed by atoms with Crippen LogP contribution in [0.2, 0.25) is 0 Å². The number of halogens is 4. The number of anilines is 4. The number of fused-ring (bicyclic) bond motifs is 4. The second-order valence-electron chi connectivity index (χ2n) is 28.4. The maximum atomic E-state index is 16.4. The molecule has 4 saturated heterocycles. The van der Waals surface area contributed by atoms with Gasteiger partial charge in [0.1, 0.15) is 37.5 Å². The Morgan fingerprint density at radius 3 is 1.08 bits per heavy atom. The van der Waals surface area contributed by atoms with Crippen LogP contribution >= 0.6 is 8.53 Å². The number of rotatable bonds is 24. The number of carbonyl (C=O) groups is 4. The SMILES string of the molecule is [2H]C([2H])(C)[C@H]1O[C@@H](n2cnc3c(NC(=O)c4ccccc4)ncnc32)[C@H](F)[C@@H]1C.[2H]C([2H])(C)[C@H]1O[C@@H](n2cnc3c(NC(=O)c4ccccc4)ncnc32)[C@H](F)[C@@H]1O.[2H]C([2H])(C)[C@H]1O[C@@H](n2cnc3c(NC(=O)c4ccccc4)ncnc32)[C@H](F)[C@@H]1OP(OCCC#N)N(C(C)C)C(C)C.[2H]C([2H])(O)[C@H]1O[C@@H](n2cnc3c(NC(=O)c4ccccc4)ncnc32)[C@H](F)[C@@H]1C. The van der Waals surface area contributed by atoms with Crippen molar-refractivity contribution in [2.24, 2.45) is 11.8 Å². The largest absolute Gasteiger partial charge is 0.394 e. The van der Waals surface area contributed by atoms with Crippen molar-refractivity contribution in [3.63, 3.8) is 0 Å². The van der Waals surface area contributed by atoms with Crippen LogP contribution in [0.1, 0.15) is 165 Å². The zero-order chi connectivity index (χ0) is 92.9. The minimum atomic E-state index is -2.70. The van der Waals surface area contributed by atoms with Crippen LogP contribution in [-0.2, 0) is 28.0 Å². The van der Waals surface area contributed by atoms with Gasteiger partial charge in [-0.25, -0.2) is 82.0 Å². The summed E-state index contributed by atoms with van der Waals surface area (Å²) in [6.07, 6.45) is -15.0. The number of nitrogens with zero attached hydrogens (tertiary/aromatic N) is 18. The first-order chi connectivity index (χ1) is 61.2. The number of hydrogen-bond acceptors (Lipinski definition) is 26. The van der Waals surface area contributed by atoms with E-state index in [2.05, 4.69) is 81.1 Å². The maximum Gasteiger partial charge on any atom is 0.259 e. The van der Waals surface area contributed by atoms with E-state index in [-0.39, 0.29) is 93.7 Å². The number of alkyl halides is 4. The van der Waals surface area contributed by atoms with E-state index >= 15 is 4.39 Å². The lowest BCUT2D eigenvalue weighted by Gasteiger charge is -2.37. The third kappa shape index (κ3) is 19.1. The van der Waals surface area contributed by atoms with E-state index in [0.29, 0.717) is 33.4 Å². The van der Waals surface area contributed by atoms with Crippen molar-refractivity contribution in [2.45, 2.75) is 186 Å². The van der Waals surface area contributed by atoms with E-state index in [1.165, 1.54) is 96.6 Å². The third-order valence-corrected chi connectivity index (χ3v) is 22.0. The van der Waals surface area contributed by atoms with Gasteiger partial charge in [0, 0.05) is 54.4 Å². The summed E-state index contributed by atoms with van der Waals surface area (Å²) in [4.78, 5) is 99.8. The molecule has 4 fully saturated rings. The number of aliphatic hydroxyl groups is 2. The number of hydrogen-bond donors (Lipinski definition) is 6. The highest BCUT2D eigenvalue weighted by Gasteiger charge is 2.51. The van der Waals surface area contributed by atoms with Gasteiger partial charge in [0.05, 0.1) is 78.1 Å². The first-order valence-electron chi connectivity index (χ1n) is 42.2. The van der Waals surface area contributed by atoms with Gasteiger partial charge in [0.15, 0.2) is 118 Å². The fourth-order valence-corrected chi connectivity index (χ4v) is 15.5. The van der Waals surface area contributed by atoms with E-state index in [9.17, 15) is 42.6 Å². The second-order valence-corrected chi connectivity index (χ2v) is 29.8. The molecule has 12 heterocycles. The zero-order valence-electron chi connectivity index (χ0n) is 74.5. The Kier molecular flexibility index (Phi) is 25.1. The summed E-state index contributed by atoms with van der Waals surface area (Å²) >= 11 is 0. The molecule has 6 N–H and O–H groups in total. The van der Waals surface area contributed by atoms with E-state index in [4.69, 9.17) is 44.2 Å². The zero-order valence-corrected chi connectivity index (χ0v) is 67.4. The van der Waals surface area contributed by atoms with Crippen molar-refractivity contribution in [3.05, 3.63) is 194 Å². The molecule has 17 atom stereocenters. The van der Waals surface area contributed by atoms with Crippen molar-refractivity contribution in [1.29, 1.82) is 5.26 Å². The average molecular weight is 1690 g/mol. The number of carbonyl (C=O) groups excluding carboxylic acids is 4. The Morgan fingerprint density at radius 1 is 0.479 bits per heavy atom. The molecule has 12 aromatic rings. The summed E-state index contributed by atoms with van der Waals surface area (Å²) in [6.45, 7) is 12.2. The van der Waals surface area contributed by atoms with Crippen LogP contribution in [0.3, 0.4) is 0 Å². The first-order valence-corrected chi connectivity index (χ1v) is 39.4. The van der Waals surface area contributed by atoms with Crippen molar-refractivity contribution in [1.82, 2.24) is 82.7 Å². The van der Waals surface area contributed by atoms with Gasteiger partial charge in [-0.2, -0.15) is 5.26 Å². The van der Waals surface area contributed by atoms with Gasteiger partial charge in [0.25, 0.3) is 32.2 Å². The monoisotopic (exact) mass is 1690 g/mol. The van der Waals surface area contributed by atoms with E-state index in [1.807, 2.05) is 44.5 Å². The third-order valence-electron chi connectivity index (χ3n) is 19.9. The summed E-state index contributed by atoms with van der Waals surface area (Å²) in [5, 5.41) is 39.4. The predicted molar refractivity (Wildman–Crippen MR) is 436 cm³/mol. The Hall–Kier alpha value is -11.8. The topological polar surface area (TPSA) is 414 Å². The van der Waals surface area contributed by atoms with E-state index in [1.54, 1.807) is 122 Å². The molecule has 39 heteroatoms. The minimum absolute atomic E-state index is 0.0370. The number of ether oxygens (including phenoxy) is 4. The lowest BCUT2D eigenvalue weighted by Crippen LogP contribution is -2.37. The molecule has 16 rings (SSSR count). The quantitative estimate of drug-likeness (QED) is 0.0186. The normalized spacial score (nSPS) is 25.4. The van der Waals surface area contributed by atoms with Crippen LogP contribution in [0.25, 0.3) is 44.7 Å². The Bertz CT molecular complexity index is 5550. The lowest BCUT2D eigenvalue weighted by molar-refractivity contribution is -0.0378. The molecule has 34 nitrogen and oxygen atoms in total. The number of nitriles is 1. The highest BCUT2D eigenvalue weighted by Crippen LogP contribution is 2.52. The molecule has 0 aliphatic carbocycles. The summed E-state index contributed by atoms with van der Waals surface area (Å²) in [5.41, 5.74) is 3.57. The Balaban J connectivity index is 0.000000149. The van der Waals surface area contributed by atoms with Crippen molar-refractivity contribution >= 4 is 100 Å². The molecular weight excluding hydrogens is 1590 g/mol. The van der Waals surface area contributed by atoms with Gasteiger partial charge in [0.2, 0.25) is 0 Å². The van der Waals surface area contributed by atoms with Gasteiger partial charge in [-0.15, -0.1) is 0 Å². The van der Waals surface area contributed by atoms with Crippen LogP contribution < -0.4 is 21.3 Å². The van der Waals surface area contributed by atoms with Gasteiger partial charge >= 0.3 is 0 Å². The Labute approximate surface area is 704 Å². The number of imidazole rings is 4. The smallest absolute Gasteiger partial charge is 0.259 e. The van der Waals surface area contributed by atoms with Crippen LogP contribution in [0.15, 0.2) is 172 Å². The van der Waals surface area contributed by atoms with Crippen LogP contribution in [0.5, 0.6) is 0 Å². The van der Waals surface area contributed by atoms with Crippen molar-refractivity contribution in [3.8, 4) is 6.07 Å². The number of benzene rings is 4. The maximum absolute atomic E-state index is 16.4. The molecular formula is C82H91F4N22O12P. The standard InChI is InChI=1S/C27H35FN7O4P.C19H20FN5O2.2C18H18FN5O3/c1-6-20-23(39-40(37-14-10-13-29)35(17(2)3)18(4)5)21(28)27(38-20)34-16-32-22-24(30-15-31-25(22)34)33-26(36)19-11-8-7-9-12-19;1-3-13-11(2)14(20)19(27-13)25-10-23-15-16(21-9-22-17(15)25)24-18(26)12-7-5-4-6-8-12;1-10-12(7-25)27-18(13(10)19)24-9-22-14-15(20-8-21-16(14)24)23-17(26)11-5-3-2-4-6-11;1-2-11-14(25)12(19)18(27-11)24-9-22-13-15(20-8-21-16(13)24)23-17(26)10-6-4-3-5-7-10/h7-9,11-12,15-18,20-21,23,27H,6,10,14H2,1-5H3,(H,30,31,33,36);4-11,13-14,19H,3H2,1-2H3,(H,21,22,24,26);2-6,8-10,12-13,18,25H,7H2,1H3,(H,20,21,23,26);3-9,11-12,14,18,25H,2H2,1H3,(H,20,21,23,26)/t20-,21-,23-,27-,40?;11-,13-,14-,19-;10-,12-,13-,18-;11-,12-,14-,18-/m1111/s1/i6D2;3D2;7D2;2D2. The first kappa shape index (κ1) is 76.6. The van der Waals surface area contributed by atoms with Crippen molar-refractivity contribution < 1.29 is 85.9 Å². The van der Waals surface area contributed by atoms with Crippen molar-refractivity contribution in [2.75, 3.05) is 34.4 Å². The number of aliphatic hydroxyl groups excluding tert-OH is 1. The van der Waals surface area contributed by atoms with E-state index < -0.39 is 144 Å². The van der Waals surface area contributed by atoms with E-state index in [0.717, 1.165) is 0 Å². The van der Waals surface area contributed by atoms with Gasteiger partial charge in [-0.1, -0.05) is 107 Å². The Morgan fingerprint density at radius 2 is 0.785 bits per heavy atom. The summed E-state index contributed by atoms with van der Waals surface area (Å²) < 4.78 is 166. The molecule has 0 radical (unpaired) electrons. The van der Waals surface area contributed by atoms with Gasteiger partial charge < -0.3 is 59.5 Å². The molecule has 0 spiro atoms. The minimum Gasteiger partial charge on any atom is -0.394 e. The van der Waals surface area contributed by atoms with Gasteiger partial charge in [-0.05, 0) is 95.3 Å².